The van der Waals surface area contributed by atoms with Crippen LogP contribution >= 0.6 is 0 Å². The Kier molecular flexibility index (Phi) is 13.4. The minimum absolute atomic E-state index is 0.00235. The molecule has 13 nitrogen and oxygen atoms in total. The first-order valence-electron chi connectivity index (χ1n) is 18.2. The second-order valence-electron chi connectivity index (χ2n) is 13.1. The number of ether oxygens (including phenoxy) is 3. The van der Waals surface area contributed by atoms with Crippen molar-refractivity contribution in [2.75, 3.05) is 52.5 Å². The first kappa shape index (κ1) is 38.0. The van der Waals surface area contributed by atoms with Crippen molar-refractivity contribution in [2.45, 2.75) is 71.4 Å². The molecule has 0 aliphatic carbocycles. The van der Waals surface area contributed by atoms with Gasteiger partial charge in [0.15, 0.2) is 6.61 Å². The summed E-state index contributed by atoms with van der Waals surface area (Å²) in [4.78, 5) is 75.4. The van der Waals surface area contributed by atoms with Crippen LogP contribution in [0.4, 0.5) is 4.79 Å². The van der Waals surface area contributed by atoms with Gasteiger partial charge >= 0.3 is 12.1 Å². The Bertz CT molecular complexity index is 1730. The van der Waals surface area contributed by atoms with Gasteiger partial charge in [0.25, 0.3) is 11.8 Å². The number of carbonyl (C=O) groups excluding carboxylic acids is 5. The van der Waals surface area contributed by atoms with E-state index in [0.717, 1.165) is 36.8 Å². The van der Waals surface area contributed by atoms with E-state index < -0.39 is 24.0 Å². The number of aryl methyl sites for hydroxylation is 1. The predicted molar refractivity (Wildman–Crippen MR) is 194 cm³/mol. The van der Waals surface area contributed by atoms with E-state index in [1.807, 2.05) is 67.3 Å². The number of rotatable bonds is 14. The van der Waals surface area contributed by atoms with E-state index in [4.69, 9.17) is 14.2 Å². The van der Waals surface area contributed by atoms with E-state index in [1.54, 1.807) is 16.7 Å². The van der Waals surface area contributed by atoms with Crippen molar-refractivity contribution >= 4 is 40.7 Å². The van der Waals surface area contributed by atoms with Crippen LogP contribution in [0.25, 0.3) is 10.9 Å². The van der Waals surface area contributed by atoms with Crippen LogP contribution in [0.1, 0.15) is 80.0 Å². The second-order valence-corrected chi connectivity index (χ2v) is 13.1. The molecule has 2 fully saturated rings. The van der Waals surface area contributed by atoms with Crippen LogP contribution in [0.15, 0.2) is 54.6 Å². The number of esters is 1. The summed E-state index contributed by atoms with van der Waals surface area (Å²) in [7, 11) is 0. The van der Waals surface area contributed by atoms with E-state index in [9.17, 15) is 24.0 Å². The number of fused-ring (bicyclic) bond motifs is 1. The van der Waals surface area contributed by atoms with Crippen LogP contribution in [-0.2, 0) is 23.9 Å². The van der Waals surface area contributed by atoms with E-state index in [1.165, 1.54) is 6.07 Å². The molecule has 1 N–H and O–H groups in total. The molecule has 13 heteroatoms. The molecule has 2 atom stereocenters. The lowest BCUT2D eigenvalue weighted by Crippen LogP contribution is -2.56. The van der Waals surface area contributed by atoms with Gasteiger partial charge < -0.3 is 34.2 Å². The van der Waals surface area contributed by atoms with Crippen LogP contribution in [0, 0.1) is 6.92 Å². The second kappa shape index (κ2) is 18.3. The van der Waals surface area contributed by atoms with Crippen molar-refractivity contribution < 1.29 is 38.2 Å². The van der Waals surface area contributed by atoms with Crippen molar-refractivity contribution in [1.82, 2.24) is 25.0 Å². The molecule has 2 unspecified atom stereocenters. The third kappa shape index (κ3) is 9.77. The van der Waals surface area contributed by atoms with Gasteiger partial charge in [0.05, 0.1) is 24.8 Å². The zero-order valence-electron chi connectivity index (χ0n) is 30.3. The lowest BCUT2D eigenvalue weighted by atomic mass is 10.0. The SMILES string of the molecule is CCCCOC(=O)N1CCN(C(=O)C(CCC(=O)OCC)NC(=O)c2cc(OCC(=O)N3CCCC3c3ccccc3)c3ccc(C)cc3n2)CC1. The van der Waals surface area contributed by atoms with Gasteiger partial charge in [-0.15, -0.1) is 0 Å². The molecule has 2 saturated heterocycles. The smallest absolute Gasteiger partial charge is 0.409 e. The van der Waals surface area contributed by atoms with Crippen molar-refractivity contribution in [3.8, 4) is 5.75 Å². The van der Waals surface area contributed by atoms with E-state index >= 15 is 0 Å². The number of hydrogen-bond acceptors (Lipinski definition) is 9. The van der Waals surface area contributed by atoms with Gasteiger partial charge in [-0.2, -0.15) is 0 Å². The fourth-order valence-corrected chi connectivity index (χ4v) is 6.56. The van der Waals surface area contributed by atoms with E-state index in [0.29, 0.717) is 29.8 Å². The summed E-state index contributed by atoms with van der Waals surface area (Å²) >= 11 is 0. The molecule has 52 heavy (non-hydrogen) atoms. The minimum Gasteiger partial charge on any atom is -0.483 e. The summed E-state index contributed by atoms with van der Waals surface area (Å²) in [6.45, 7) is 7.61. The zero-order chi connectivity index (χ0) is 37.0. The Morgan fingerprint density at radius 3 is 2.40 bits per heavy atom. The minimum atomic E-state index is -1.06. The van der Waals surface area contributed by atoms with Gasteiger partial charge in [-0.3, -0.25) is 19.2 Å². The van der Waals surface area contributed by atoms with Gasteiger partial charge in [-0.1, -0.05) is 49.7 Å². The highest BCUT2D eigenvalue weighted by molar-refractivity contribution is 5.99. The summed E-state index contributed by atoms with van der Waals surface area (Å²) in [5, 5.41) is 3.44. The molecule has 3 heterocycles. The summed E-state index contributed by atoms with van der Waals surface area (Å²) in [5.41, 5.74) is 2.49. The monoisotopic (exact) mass is 715 g/mol. The number of nitrogens with zero attached hydrogens (tertiary/aromatic N) is 4. The van der Waals surface area contributed by atoms with Gasteiger partial charge in [-0.05, 0) is 62.8 Å². The van der Waals surface area contributed by atoms with Crippen molar-refractivity contribution in [2.24, 2.45) is 0 Å². The largest absolute Gasteiger partial charge is 0.483 e. The fraction of sp³-hybridized carbons (Fsp3) is 0.487. The van der Waals surface area contributed by atoms with Crippen molar-refractivity contribution in [3.63, 3.8) is 0 Å². The molecule has 0 radical (unpaired) electrons. The maximum absolute atomic E-state index is 13.8. The lowest BCUT2D eigenvalue weighted by Gasteiger charge is -2.36. The highest BCUT2D eigenvalue weighted by Crippen LogP contribution is 2.32. The Morgan fingerprint density at radius 2 is 1.67 bits per heavy atom. The molecule has 2 aromatic carbocycles. The van der Waals surface area contributed by atoms with E-state index in [2.05, 4.69) is 10.3 Å². The molecule has 0 bridgehead atoms. The third-order valence-electron chi connectivity index (χ3n) is 9.39. The summed E-state index contributed by atoms with van der Waals surface area (Å²) in [5.74, 6) is -1.34. The van der Waals surface area contributed by atoms with Crippen molar-refractivity contribution in [1.29, 1.82) is 0 Å². The number of carbonyl (C=O) groups is 5. The summed E-state index contributed by atoms with van der Waals surface area (Å²) < 4.78 is 16.5. The lowest BCUT2D eigenvalue weighted by molar-refractivity contribution is -0.143. The van der Waals surface area contributed by atoms with Gasteiger partial charge in [0.1, 0.15) is 17.5 Å². The Hall–Kier alpha value is -5.20. The average molecular weight is 716 g/mol. The first-order chi connectivity index (χ1) is 25.2. The number of aromatic nitrogens is 1. The maximum atomic E-state index is 13.8. The van der Waals surface area contributed by atoms with Crippen LogP contribution in [0.3, 0.4) is 0 Å². The maximum Gasteiger partial charge on any atom is 0.409 e. The number of unbranched alkanes of at least 4 members (excludes halogenated alkanes) is 1. The summed E-state index contributed by atoms with van der Waals surface area (Å²) in [6.07, 6.45) is 2.95. The molecule has 1 aromatic heterocycles. The fourth-order valence-electron chi connectivity index (χ4n) is 6.56. The first-order valence-corrected chi connectivity index (χ1v) is 18.2. The highest BCUT2D eigenvalue weighted by Gasteiger charge is 2.33. The van der Waals surface area contributed by atoms with Gasteiger partial charge in [0, 0.05) is 50.6 Å². The normalized spacial score (nSPS) is 16.4. The van der Waals surface area contributed by atoms with Gasteiger partial charge in [0.2, 0.25) is 5.91 Å². The Labute approximate surface area is 304 Å². The number of amides is 4. The number of hydrogen-bond donors (Lipinski definition) is 1. The Morgan fingerprint density at radius 1 is 0.923 bits per heavy atom. The average Bonchev–Trinajstić information content (AvgIpc) is 3.66. The third-order valence-corrected chi connectivity index (χ3v) is 9.39. The van der Waals surface area contributed by atoms with Crippen LogP contribution in [0.2, 0.25) is 0 Å². The molecule has 2 aliphatic heterocycles. The number of pyridine rings is 1. The number of piperazine rings is 1. The molecular weight excluding hydrogens is 666 g/mol. The molecule has 2 aliphatic rings. The molecule has 0 spiro atoms. The van der Waals surface area contributed by atoms with Crippen molar-refractivity contribution in [3.05, 3.63) is 71.4 Å². The molecular formula is C39H49N5O8. The molecule has 278 valence electrons. The number of nitrogens with one attached hydrogen (secondary N) is 1. The number of likely N-dealkylation sites (tertiary alicyclic amines) is 1. The van der Waals surface area contributed by atoms with Gasteiger partial charge in [-0.25, -0.2) is 9.78 Å². The van der Waals surface area contributed by atoms with Crippen LogP contribution in [-0.4, -0.2) is 108 Å². The topological polar surface area (TPSA) is 148 Å². The molecule has 4 amide bonds. The standard InChI is InChI=1S/C39H49N5O8/c1-4-6-23-51-39(49)43-21-19-42(20-22-43)38(48)30(16-17-36(46)50-5-2)41-37(47)32-25-34(29-15-14-27(3)24-31(29)40-32)52-26-35(45)44-18-10-13-33(44)28-11-8-7-9-12-28/h7-9,11-12,14-15,24-25,30,33H,4-6,10,13,16-23,26H2,1-3H3,(H,41,47). The summed E-state index contributed by atoms with van der Waals surface area (Å²) in [6, 6.07) is 15.9. The van der Waals surface area contributed by atoms with Crippen LogP contribution in [0.5, 0.6) is 5.75 Å². The quantitative estimate of drug-likeness (QED) is 0.184. The molecule has 3 aromatic rings. The zero-order valence-corrected chi connectivity index (χ0v) is 30.3. The molecule has 5 rings (SSSR count). The van der Waals surface area contributed by atoms with E-state index in [-0.39, 0.29) is 75.8 Å². The van der Waals surface area contributed by atoms with Crippen LogP contribution < -0.4 is 10.1 Å². The highest BCUT2D eigenvalue weighted by atomic mass is 16.6. The predicted octanol–water partition coefficient (Wildman–Crippen LogP) is 4.81. The Balaban J connectivity index is 1.31. The molecule has 0 saturated carbocycles. The number of benzene rings is 2.